The minimum absolute atomic E-state index is 0.00480. The van der Waals surface area contributed by atoms with Gasteiger partial charge >= 0.3 is 0 Å². The number of nitrogens with one attached hydrogen (secondary N) is 1. The Bertz CT molecular complexity index is 579. The number of sulfonamides is 1. The van der Waals surface area contributed by atoms with Gasteiger partial charge < -0.3 is 4.90 Å². The third-order valence-corrected chi connectivity index (χ3v) is 4.35. The maximum atomic E-state index is 11.8. The quantitative estimate of drug-likeness (QED) is 0.897. The van der Waals surface area contributed by atoms with E-state index in [1.165, 1.54) is 6.92 Å². The number of nitrogens with zero attached hydrogens (tertiary/aromatic N) is 1. The average Bonchev–Trinajstić information content (AvgIpc) is 3.15. The highest BCUT2D eigenvalue weighted by Gasteiger charge is 2.33. The molecule has 0 saturated heterocycles. The second-order valence-electron chi connectivity index (χ2n) is 4.64. The highest BCUT2D eigenvalue weighted by atomic mass is 32.2. The molecule has 1 aromatic carbocycles. The number of benzene rings is 1. The van der Waals surface area contributed by atoms with Crippen LogP contribution in [0.3, 0.4) is 0 Å². The standard InChI is InChI=1S/C13H18N2O3S/c1-3-19(17,18)14-12-6-4-5-7-13(12)15(10(2)16)11-8-9-11/h4-7,11,14H,3,8-9H2,1-2H3. The first-order valence-corrected chi connectivity index (χ1v) is 7.99. The summed E-state index contributed by atoms with van der Waals surface area (Å²) in [5.74, 6) is -0.0594. The Morgan fingerprint density at radius 3 is 2.53 bits per heavy atom. The van der Waals surface area contributed by atoms with Gasteiger partial charge in [-0.15, -0.1) is 0 Å². The van der Waals surface area contributed by atoms with Crippen molar-refractivity contribution in [3.8, 4) is 0 Å². The highest BCUT2D eigenvalue weighted by molar-refractivity contribution is 7.92. The maximum absolute atomic E-state index is 11.8. The summed E-state index contributed by atoms with van der Waals surface area (Å²) in [7, 11) is -3.35. The molecule has 1 amide bonds. The molecule has 1 aliphatic rings. The van der Waals surface area contributed by atoms with Crippen molar-refractivity contribution in [3.05, 3.63) is 24.3 Å². The zero-order valence-electron chi connectivity index (χ0n) is 11.1. The van der Waals surface area contributed by atoms with Crippen molar-refractivity contribution in [2.24, 2.45) is 0 Å². The first kappa shape index (κ1) is 13.9. The minimum Gasteiger partial charge on any atom is -0.308 e. The van der Waals surface area contributed by atoms with Gasteiger partial charge in [-0.25, -0.2) is 8.42 Å². The molecule has 1 N–H and O–H groups in total. The molecular formula is C13H18N2O3S. The first-order valence-electron chi connectivity index (χ1n) is 6.34. The molecule has 0 aliphatic heterocycles. The highest BCUT2D eigenvalue weighted by Crippen LogP contribution is 2.36. The topological polar surface area (TPSA) is 66.5 Å². The third-order valence-electron chi connectivity index (χ3n) is 3.06. The van der Waals surface area contributed by atoms with Crippen LogP contribution in [0.15, 0.2) is 24.3 Å². The lowest BCUT2D eigenvalue weighted by Gasteiger charge is -2.24. The molecule has 0 unspecified atom stereocenters. The summed E-state index contributed by atoms with van der Waals surface area (Å²) >= 11 is 0. The van der Waals surface area contributed by atoms with E-state index in [2.05, 4.69) is 4.72 Å². The van der Waals surface area contributed by atoms with Crippen molar-refractivity contribution < 1.29 is 13.2 Å². The smallest absolute Gasteiger partial charge is 0.232 e. The van der Waals surface area contributed by atoms with E-state index in [-0.39, 0.29) is 17.7 Å². The molecule has 6 heteroatoms. The second kappa shape index (κ2) is 5.21. The molecule has 0 aromatic heterocycles. The van der Waals surface area contributed by atoms with Gasteiger partial charge in [0, 0.05) is 13.0 Å². The molecule has 0 bridgehead atoms. The second-order valence-corrected chi connectivity index (χ2v) is 6.65. The van der Waals surface area contributed by atoms with Gasteiger partial charge in [-0.3, -0.25) is 9.52 Å². The van der Waals surface area contributed by atoms with Crippen LogP contribution in [0.5, 0.6) is 0 Å². The normalized spacial score (nSPS) is 15.1. The number of anilines is 2. The summed E-state index contributed by atoms with van der Waals surface area (Å²) in [6.45, 7) is 3.08. The van der Waals surface area contributed by atoms with E-state index in [4.69, 9.17) is 0 Å². The zero-order chi connectivity index (χ0) is 14.0. The summed E-state index contributed by atoms with van der Waals surface area (Å²) in [6.07, 6.45) is 1.93. The molecule has 0 radical (unpaired) electrons. The summed E-state index contributed by atoms with van der Waals surface area (Å²) < 4.78 is 25.9. The van der Waals surface area contributed by atoms with E-state index in [9.17, 15) is 13.2 Å². The molecule has 0 atom stereocenters. The summed E-state index contributed by atoms with van der Waals surface area (Å²) in [4.78, 5) is 13.4. The van der Waals surface area contributed by atoms with Gasteiger partial charge in [0.2, 0.25) is 15.9 Å². The minimum atomic E-state index is -3.35. The lowest BCUT2D eigenvalue weighted by atomic mass is 10.2. The van der Waals surface area contributed by atoms with Gasteiger partial charge in [0.15, 0.2) is 0 Å². The Kier molecular flexibility index (Phi) is 3.80. The number of hydrogen-bond donors (Lipinski definition) is 1. The van der Waals surface area contributed by atoms with Gasteiger partial charge in [0.05, 0.1) is 17.1 Å². The van der Waals surface area contributed by atoms with Crippen LogP contribution in [0.25, 0.3) is 0 Å². The van der Waals surface area contributed by atoms with E-state index in [0.29, 0.717) is 11.4 Å². The van der Waals surface area contributed by atoms with Crippen LogP contribution < -0.4 is 9.62 Å². The van der Waals surface area contributed by atoms with Gasteiger partial charge in [0.25, 0.3) is 0 Å². The van der Waals surface area contributed by atoms with Crippen LogP contribution in [0.4, 0.5) is 11.4 Å². The molecule has 1 fully saturated rings. The van der Waals surface area contributed by atoms with Crippen LogP contribution in [0.2, 0.25) is 0 Å². The fraction of sp³-hybridized carbons (Fsp3) is 0.462. The van der Waals surface area contributed by atoms with Gasteiger partial charge in [-0.1, -0.05) is 12.1 Å². The largest absolute Gasteiger partial charge is 0.308 e. The predicted molar refractivity (Wildman–Crippen MR) is 75.7 cm³/mol. The predicted octanol–water partition coefficient (Wildman–Crippen LogP) is 1.96. The zero-order valence-corrected chi connectivity index (χ0v) is 11.9. The Morgan fingerprint density at radius 2 is 2.00 bits per heavy atom. The molecular weight excluding hydrogens is 264 g/mol. The van der Waals surface area contributed by atoms with Crippen molar-refractivity contribution in [1.82, 2.24) is 0 Å². The average molecular weight is 282 g/mol. The third kappa shape index (κ3) is 3.26. The van der Waals surface area contributed by atoms with Gasteiger partial charge in [-0.2, -0.15) is 0 Å². The Labute approximate surface area is 113 Å². The number of hydrogen-bond acceptors (Lipinski definition) is 3. The van der Waals surface area contributed by atoms with Crippen LogP contribution >= 0.6 is 0 Å². The summed E-state index contributed by atoms with van der Waals surface area (Å²) in [6, 6.07) is 7.21. The Balaban J connectivity index is 2.37. The molecule has 5 nitrogen and oxygen atoms in total. The Hall–Kier alpha value is -1.56. The molecule has 1 aromatic rings. The molecule has 0 spiro atoms. The van der Waals surface area contributed by atoms with Crippen LogP contribution in [-0.2, 0) is 14.8 Å². The fourth-order valence-corrected chi connectivity index (χ4v) is 2.62. The van der Waals surface area contributed by atoms with E-state index in [1.54, 1.807) is 36.1 Å². The molecule has 0 heterocycles. The number of para-hydroxylation sites is 2. The molecule has 1 aliphatic carbocycles. The number of carbonyl (C=O) groups is 1. The first-order chi connectivity index (χ1) is 8.94. The van der Waals surface area contributed by atoms with Crippen molar-refractivity contribution in [1.29, 1.82) is 0 Å². The number of carbonyl (C=O) groups excluding carboxylic acids is 1. The van der Waals surface area contributed by atoms with Crippen molar-refractivity contribution >= 4 is 27.3 Å². The van der Waals surface area contributed by atoms with Crippen LogP contribution in [0.1, 0.15) is 26.7 Å². The fourth-order valence-electron chi connectivity index (χ4n) is 1.97. The van der Waals surface area contributed by atoms with Gasteiger partial charge in [-0.05, 0) is 31.9 Å². The van der Waals surface area contributed by atoms with E-state index in [0.717, 1.165) is 12.8 Å². The summed E-state index contributed by atoms with van der Waals surface area (Å²) in [5.41, 5.74) is 1.10. The van der Waals surface area contributed by atoms with Crippen LogP contribution in [0, 0.1) is 0 Å². The lowest BCUT2D eigenvalue weighted by molar-refractivity contribution is -0.116. The molecule has 19 heavy (non-hydrogen) atoms. The lowest BCUT2D eigenvalue weighted by Crippen LogP contribution is -2.31. The monoisotopic (exact) mass is 282 g/mol. The van der Waals surface area contributed by atoms with Crippen molar-refractivity contribution in [2.45, 2.75) is 32.7 Å². The number of amides is 1. The van der Waals surface area contributed by atoms with Crippen molar-refractivity contribution in [2.75, 3.05) is 15.4 Å². The molecule has 1 saturated carbocycles. The molecule has 2 rings (SSSR count). The van der Waals surface area contributed by atoms with Crippen molar-refractivity contribution in [3.63, 3.8) is 0 Å². The SMILES string of the molecule is CCS(=O)(=O)Nc1ccccc1N(C(C)=O)C1CC1. The number of rotatable bonds is 5. The van der Waals surface area contributed by atoms with E-state index >= 15 is 0 Å². The van der Waals surface area contributed by atoms with E-state index in [1.807, 2.05) is 0 Å². The van der Waals surface area contributed by atoms with Crippen LogP contribution in [-0.4, -0.2) is 26.1 Å². The molecule has 104 valence electrons. The maximum Gasteiger partial charge on any atom is 0.232 e. The van der Waals surface area contributed by atoms with Gasteiger partial charge in [0.1, 0.15) is 0 Å². The van der Waals surface area contributed by atoms with E-state index < -0.39 is 10.0 Å². The summed E-state index contributed by atoms with van der Waals surface area (Å²) in [5, 5.41) is 0. The Morgan fingerprint density at radius 1 is 1.37 bits per heavy atom.